The van der Waals surface area contributed by atoms with E-state index in [9.17, 15) is 0 Å². The molecule has 0 spiro atoms. The molecule has 0 N–H and O–H groups in total. The Morgan fingerprint density at radius 2 is 2.08 bits per heavy atom. The molecular weight excluding hydrogens is 146 g/mol. The zero-order valence-corrected chi connectivity index (χ0v) is 9.06. The minimum Gasteiger partial charge on any atom is -0.303 e. The second-order valence-electron chi connectivity index (χ2n) is 5.01. The zero-order valence-electron chi connectivity index (χ0n) is 9.06. The fraction of sp³-hybridized carbons (Fsp3) is 1.00. The largest absolute Gasteiger partial charge is 0.303 e. The van der Waals surface area contributed by atoms with Crippen molar-refractivity contribution in [2.24, 2.45) is 5.41 Å². The molecule has 1 heterocycles. The number of likely N-dealkylation sites (tertiary alicyclic amines) is 1. The van der Waals surface area contributed by atoms with Gasteiger partial charge < -0.3 is 4.90 Å². The van der Waals surface area contributed by atoms with Crippen molar-refractivity contribution in [1.82, 2.24) is 4.90 Å². The predicted molar refractivity (Wildman–Crippen MR) is 54.3 cm³/mol. The van der Waals surface area contributed by atoms with Crippen LogP contribution in [-0.2, 0) is 0 Å². The number of rotatable bonds is 1. The minimum atomic E-state index is 0.575. The fourth-order valence-corrected chi connectivity index (χ4v) is 2.34. The van der Waals surface area contributed by atoms with Gasteiger partial charge >= 0.3 is 0 Å². The number of hydrogen-bond acceptors (Lipinski definition) is 1. The molecule has 1 aliphatic rings. The molecule has 1 nitrogen and oxygen atoms in total. The molecule has 1 unspecified atom stereocenters. The average molecular weight is 169 g/mol. The van der Waals surface area contributed by atoms with E-state index in [1.54, 1.807) is 0 Å². The van der Waals surface area contributed by atoms with E-state index in [1.807, 2.05) is 0 Å². The molecule has 1 fully saturated rings. The molecule has 0 aromatic carbocycles. The van der Waals surface area contributed by atoms with E-state index in [0.717, 1.165) is 6.04 Å². The lowest BCUT2D eigenvalue weighted by atomic mass is 9.82. The van der Waals surface area contributed by atoms with Crippen LogP contribution in [0.4, 0.5) is 0 Å². The Morgan fingerprint density at radius 1 is 1.42 bits per heavy atom. The number of nitrogens with zero attached hydrogens (tertiary/aromatic N) is 1. The molecule has 0 aromatic heterocycles. The summed E-state index contributed by atoms with van der Waals surface area (Å²) in [6.07, 6.45) is 5.45. The molecule has 1 heteroatoms. The van der Waals surface area contributed by atoms with E-state index in [-0.39, 0.29) is 0 Å². The van der Waals surface area contributed by atoms with Crippen LogP contribution in [0.2, 0.25) is 0 Å². The lowest BCUT2D eigenvalue weighted by molar-refractivity contribution is 0.203. The fourth-order valence-electron chi connectivity index (χ4n) is 2.34. The molecular formula is C11H23N. The normalized spacial score (nSPS) is 31.5. The Kier molecular flexibility index (Phi) is 3.16. The quantitative estimate of drug-likeness (QED) is 0.583. The van der Waals surface area contributed by atoms with E-state index in [2.05, 4.69) is 32.7 Å². The van der Waals surface area contributed by atoms with Crippen LogP contribution in [0.15, 0.2) is 0 Å². The van der Waals surface area contributed by atoms with Crippen molar-refractivity contribution in [2.45, 2.75) is 52.5 Å². The van der Waals surface area contributed by atoms with Gasteiger partial charge in [-0.05, 0) is 44.7 Å². The summed E-state index contributed by atoms with van der Waals surface area (Å²) < 4.78 is 0. The van der Waals surface area contributed by atoms with Gasteiger partial charge in [-0.25, -0.2) is 0 Å². The first-order valence-corrected chi connectivity index (χ1v) is 5.25. The monoisotopic (exact) mass is 169 g/mol. The van der Waals surface area contributed by atoms with E-state index in [1.165, 1.54) is 32.2 Å². The lowest BCUT2D eigenvalue weighted by Gasteiger charge is -2.29. The topological polar surface area (TPSA) is 3.24 Å². The van der Waals surface area contributed by atoms with E-state index < -0.39 is 0 Å². The summed E-state index contributed by atoms with van der Waals surface area (Å²) in [5, 5.41) is 0. The van der Waals surface area contributed by atoms with Crippen molar-refractivity contribution in [2.75, 3.05) is 13.6 Å². The Bertz CT molecular complexity index is 140. The van der Waals surface area contributed by atoms with Crippen LogP contribution in [0.1, 0.15) is 46.5 Å². The van der Waals surface area contributed by atoms with Crippen LogP contribution in [0.25, 0.3) is 0 Å². The molecule has 1 atom stereocenters. The van der Waals surface area contributed by atoms with E-state index in [4.69, 9.17) is 0 Å². The first-order chi connectivity index (χ1) is 5.55. The van der Waals surface area contributed by atoms with Crippen LogP contribution in [0.3, 0.4) is 0 Å². The highest BCUT2D eigenvalue weighted by Crippen LogP contribution is 2.33. The van der Waals surface area contributed by atoms with Crippen molar-refractivity contribution >= 4 is 0 Å². The maximum absolute atomic E-state index is 2.54. The van der Waals surface area contributed by atoms with Gasteiger partial charge in [-0.1, -0.05) is 20.8 Å². The Morgan fingerprint density at radius 3 is 2.67 bits per heavy atom. The molecule has 0 amide bonds. The van der Waals surface area contributed by atoms with Crippen LogP contribution in [0.5, 0.6) is 0 Å². The van der Waals surface area contributed by atoms with Gasteiger partial charge in [0.25, 0.3) is 0 Å². The Labute approximate surface area is 77.1 Å². The summed E-state index contributed by atoms with van der Waals surface area (Å²) in [4.78, 5) is 2.54. The van der Waals surface area contributed by atoms with Gasteiger partial charge in [-0.3, -0.25) is 0 Å². The highest BCUT2D eigenvalue weighted by Gasteiger charge is 2.27. The SMILES string of the molecule is CCC1CC(C)(C)CCCN1C. The number of hydrogen-bond donors (Lipinski definition) is 0. The molecule has 0 saturated carbocycles. The van der Waals surface area contributed by atoms with Crippen molar-refractivity contribution in [1.29, 1.82) is 0 Å². The standard InChI is InChI=1S/C11H23N/c1-5-10-9-11(2,3)7-6-8-12(10)4/h10H,5-9H2,1-4H3. The van der Waals surface area contributed by atoms with Crippen molar-refractivity contribution in [3.63, 3.8) is 0 Å². The van der Waals surface area contributed by atoms with Crippen LogP contribution in [0, 0.1) is 5.41 Å². The molecule has 72 valence electrons. The molecule has 0 aromatic rings. The van der Waals surface area contributed by atoms with Gasteiger partial charge in [0.15, 0.2) is 0 Å². The van der Waals surface area contributed by atoms with Gasteiger partial charge in [0.2, 0.25) is 0 Å². The van der Waals surface area contributed by atoms with E-state index >= 15 is 0 Å². The average Bonchev–Trinajstić information content (AvgIpc) is 2.10. The van der Waals surface area contributed by atoms with Gasteiger partial charge in [0.05, 0.1) is 0 Å². The predicted octanol–water partition coefficient (Wildman–Crippen LogP) is 2.91. The maximum Gasteiger partial charge on any atom is 0.00946 e. The minimum absolute atomic E-state index is 0.575. The summed E-state index contributed by atoms with van der Waals surface area (Å²) >= 11 is 0. The molecule has 1 aliphatic heterocycles. The second kappa shape index (κ2) is 3.78. The summed E-state index contributed by atoms with van der Waals surface area (Å²) in [7, 11) is 2.27. The van der Waals surface area contributed by atoms with Crippen LogP contribution < -0.4 is 0 Å². The first kappa shape index (κ1) is 10.0. The van der Waals surface area contributed by atoms with Crippen molar-refractivity contribution in [3.05, 3.63) is 0 Å². The Hall–Kier alpha value is -0.0400. The van der Waals surface area contributed by atoms with Gasteiger partial charge in [0, 0.05) is 6.04 Å². The summed E-state index contributed by atoms with van der Waals surface area (Å²) in [6.45, 7) is 8.42. The third-order valence-electron chi connectivity index (χ3n) is 3.25. The maximum atomic E-state index is 2.54. The first-order valence-electron chi connectivity index (χ1n) is 5.25. The zero-order chi connectivity index (χ0) is 9.19. The van der Waals surface area contributed by atoms with Crippen LogP contribution >= 0.6 is 0 Å². The van der Waals surface area contributed by atoms with Gasteiger partial charge in [-0.15, -0.1) is 0 Å². The summed E-state index contributed by atoms with van der Waals surface area (Å²) in [5.41, 5.74) is 0.575. The third kappa shape index (κ3) is 2.48. The molecule has 0 radical (unpaired) electrons. The lowest BCUT2D eigenvalue weighted by Crippen LogP contribution is -2.32. The van der Waals surface area contributed by atoms with Gasteiger partial charge in [0.1, 0.15) is 0 Å². The van der Waals surface area contributed by atoms with Gasteiger partial charge in [-0.2, -0.15) is 0 Å². The molecule has 0 bridgehead atoms. The molecule has 12 heavy (non-hydrogen) atoms. The Balaban J connectivity index is 2.59. The molecule has 0 aliphatic carbocycles. The van der Waals surface area contributed by atoms with Crippen molar-refractivity contribution < 1.29 is 0 Å². The highest BCUT2D eigenvalue weighted by molar-refractivity contribution is 4.81. The summed E-state index contributed by atoms with van der Waals surface area (Å²) in [6, 6.07) is 0.822. The highest BCUT2D eigenvalue weighted by atomic mass is 15.1. The van der Waals surface area contributed by atoms with Crippen LogP contribution in [-0.4, -0.2) is 24.5 Å². The second-order valence-corrected chi connectivity index (χ2v) is 5.01. The smallest absolute Gasteiger partial charge is 0.00946 e. The van der Waals surface area contributed by atoms with Crippen molar-refractivity contribution in [3.8, 4) is 0 Å². The third-order valence-corrected chi connectivity index (χ3v) is 3.25. The molecule has 1 rings (SSSR count). The van der Waals surface area contributed by atoms with E-state index in [0.29, 0.717) is 5.41 Å². The summed E-state index contributed by atoms with van der Waals surface area (Å²) in [5.74, 6) is 0. The molecule has 1 saturated heterocycles.